The Labute approximate surface area is 302 Å². The molecule has 2 heterocycles. The van der Waals surface area contributed by atoms with Gasteiger partial charge in [0, 0.05) is 49.5 Å². The minimum absolute atomic E-state index is 0.444. The highest BCUT2D eigenvalue weighted by molar-refractivity contribution is 8.00. The van der Waals surface area contributed by atoms with E-state index in [1.807, 2.05) is 11.8 Å². The molecule has 2 atom stereocenters. The Hall–Kier alpha value is -6.03. The largest absolute Gasteiger partial charge is 0.355 e. The third kappa shape index (κ3) is 5.29. The lowest BCUT2D eigenvalue weighted by Gasteiger charge is -2.20. The number of nitrogens with one attached hydrogen (secondary N) is 1. The molecule has 7 aromatic carbocycles. The molecule has 1 N–H and O–H groups in total. The summed E-state index contributed by atoms with van der Waals surface area (Å²) < 4.78 is 2.36. The Bertz CT molecular complexity index is 2650. The van der Waals surface area contributed by atoms with Crippen LogP contribution in [0.2, 0.25) is 0 Å². The second kappa shape index (κ2) is 12.4. The molecule has 0 fully saturated rings. The summed E-state index contributed by atoms with van der Waals surface area (Å²) in [6, 6.07) is 61.4. The summed E-state index contributed by atoms with van der Waals surface area (Å²) >= 11 is 1.98. The van der Waals surface area contributed by atoms with E-state index in [2.05, 4.69) is 198 Å². The summed E-state index contributed by atoms with van der Waals surface area (Å²) in [5, 5.41) is 6.72. The Morgan fingerprint density at radius 2 is 1.27 bits per heavy atom. The van der Waals surface area contributed by atoms with Crippen molar-refractivity contribution < 1.29 is 0 Å². The fourth-order valence-electron chi connectivity index (χ4n) is 7.87. The van der Waals surface area contributed by atoms with Crippen molar-refractivity contribution in [2.75, 3.05) is 5.32 Å². The monoisotopic (exact) mass is 670 g/mol. The molecule has 242 valence electrons. The first kappa shape index (κ1) is 29.8. The summed E-state index contributed by atoms with van der Waals surface area (Å²) in [6.45, 7) is 0. The third-order valence-corrected chi connectivity index (χ3v) is 11.7. The highest BCUT2D eigenvalue weighted by Crippen LogP contribution is 2.49. The molecule has 1 aliphatic heterocycles. The Balaban J connectivity index is 0.928. The molecule has 0 saturated carbocycles. The van der Waals surface area contributed by atoms with Gasteiger partial charge in [-0.25, -0.2) is 0 Å². The van der Waals surface area contributed by atoms with Crippen molar-refractivity contribution in [1.29, 1.82) is 0 Å². The average Bonchev–Trinajstić information content (AvgIpc) is 3.74. The van der Waals surface area contributed by atoms with Crippen LogP contribution >= 0.6 is 11.8 Å². The molecule has 0 bridgehead atoms. The quantitative estimate of drug-likeness (QED) is 0.190. The van der Waals surface area contributed by atoms with Crippen LogP contribution in [0.3, 0.4) is 0 Å². The minimum Gasteiger partial charge on any atom is -0.355 e. The zero-order valence-electron chi connectivity index (χ0n) is 27.9. The van der Waals surface area contributed by atoms with E-state index in [0.717, 1.165) is 11.4 Å². The number of rotatable bonds is 6. The fraction of sp³-hybridized carbons (Fsp3) is 0.0417. The van der Waals surface area contributed by atoms with Crippen LogP contribution in [0, 0.1) is 0 Å². The first-order valence-electron chi connectivity index (χ1n) is 17.6. The lowest BCUT2D eigenvalue weighted by atomic mass is 9.88. The third-order valence-electron chi connectivity index (χ3n) is 10.3. The van der Waals surface area contributed by atoms with Crippen LogP contribution < -0.4 is 5.32 Å². The van der Waals surface area contributed by atoms with Crippen molar-refractivity contribution in [2.24, 2.45) is 0 Å². The Morgan fingerprint density at radius 1 is 0.529 bits per heavy atom. The number of thioether (sulfide) groups is 1. The molecular weight excluding hydrogens is 637 g/mol. The number of nitrogens with zero attached hydrogens (tertiary/aromatic N) is 1. The van der Waals surface area contributed by atoms with Crippen molar-refractivity contribution >= 4 is 50.5 Å². The first-order valence-corrected chi connectivity index (χ1v) is 18.5. The predicted octanol–water partition coefficient (Wildman–Crippen LogP) is 13.1. The molecule has 2 aliphatic rings. The van der Waals surface area contributed by atoms with Crippen LogP contribution in [0.5, 0.6) is 0 Å². The zero-order chi connectivity index (χ0) is 33.7. The van der Waals surface area contributed by atoms with Gasteiger partial charge in [0.2, 0.25) is 0 Å². The maximum Gasteiger partial charge on any atom is 0.0541 e. The maximum absolute atomic E-state index is 3.75. The van der Waals surface area contributed by atoms with Gasteiger partial charge in [0.1, 0.15) is 0 Å². The molecule has 10 rings (SSSR count). The van der Waals surface area contributed by atoms with E-state index in [1.54, 1.807) is 0 Å². The van der Waals surface area contributed by atoms with Gasteiger partial charge in [-0.3, -0.25) is 0 Å². The molecular formula is C48H34N2S. The van der Waals surface area contributed by atoms with Gasteiger partial charge in [-0.05, 0) is 88.0 Å². The van der Waals surface area contributed by atoms with Crippen LogP contribution in [0.4, 0.5) is 11.4 Å². The molecule has 8 aromatic rings. The number of anilines is 2. The fourth-order valence-corrected chi connectivity index (χ4v) is 9.26. The number of aromatic nitrogens is 1. The van der Waals surface area contributed by atoms with Gasteiger partial charge in [-0.15, -0.1) is 11.8 Å². The van der Waals surface area contributed by atoms with E-state index in [1.165, 1.54) is 71.3 Å². The summed E-state index contributed by atoms with van der Waals surface area (Å²) in [5.41, 5.74) is 14.5. The van der Waals surface area contributed by atoms with Gasteiger partial charge < -0.3 is 9.88 Å². The number of hydrogen-bond acceptors (Lipinski definition) is 2. The molecule has 0 amide bonds. The van der Waals surface area contributed by atoms with E-state index in [-0.39, 0.29) is 0 Å². The van der Waals surface area contributed by atoms with Crippen LogP contribution in [0.1, 0.15) is 17.0 Å². The van der Waals surface area contributed by atoms with Gasteiger partial charge in [-0.1, -0.05) is 133 Å². The zero-order valence-corrected chi connectivity index (χ0v) is 28.7. The maximum atomic E-state index is 3.75. The van der Waals surface area contributed by atoms with E-state index in [0.29, 0.717) is 11.2 Å². The van der Waals surface area contributed by atoms with Crippen molar-refractivity contribution in [3.63, 3.8) is 0 Å². The highest BCUT2D eigenvalue weighted by Gasteiger charge is 2.32. The second-order valence-electron chi connectivity index (χ2n) is 13.4. The second-order valence-corrected chi connectivity index (χ2v) is 14.6. The summed E-state index contributed by atoms with van der Waals surface area (Å²) in [7, 11) is 0. The standard InChI is InChI=1S/C48H34N2S/c1-2-13-38(14-3-1)50-45-19-8-5-16-40(45)43-30-35(26-28-46(43)50)32-21-23-33(24-22-32)39-15-4-7-18-44(39)49-37-12-10-11-34(29-37)36-25-27-42-41-17-6-9-20-47(41)51-48(42)31-36/h1-31,42,48-49H. The summed E-state index contributed by atoms with van der Waals surface area (Å²) in [4.78, 5) is 1.41. The molecule has 3 heteroatoms. The van der Waals surface area contributed by atoms with Crippen molar-refractivity contribution in [3.8, 4) is 27.9 Å². The van der Waals surface area contributed by atoms with E-state index < -0.39 is 0 Å². The normalized spacial score (nSPS) is 16.2. The van der Waals surface area contributed by atoms with Crippen LogP contribution in [-0.2, 0) is 0 Å². The summed E-state index contributed by atoms with van der Waals surface area (Å²) in [5.74, 6) is 0.457. The Kier molecular flexibility index (Phi) is 7.25. The van der Waals surface area contributed by atoms with Crippen molar-refractivity contribution in [2.45, 2.75) is 16.1 Å². The number of para-hydroxylation sites is 3. The van der Waals surface area contributed by atoms with Crippen LogP contribution in [-0.4, -0.2) is 9.82 Å². The minimum atomic E-state index is 0.444. The number of allylic oxidation sites excluding steroid dienone is 3. The van der Waals surface area contributed by atoms with Crippen molar-refractivity contribution in [3.05, 3.63) is 199 Å². The molecule has 2 unspecified atom stereocenters. The SMILES string of the molecule is C1=CC2c3ccccc3SC2C=C1c1cccc(Nc2ccccc2-c2ccc(-c3ccc4c(c3)c3ccccc3n4-c3ccccc3)cc2)c1. The van der Waals surface area contributed by atoms with Gasteiger partial charge in [-0.2, -0.15) is 0 Å². The molecule has 0 radical (unpaired) electrons. The lowest BCUT2D eigenvalue weighted by molar-refractivity contribution is 0.883. The van der Waals surface area contributed by atoms with Gasteiger partial charge >= 0.3 is 0 Å². The lowest BCUT2D eigenvalue weighted by Crippen LogP contribution is -2.09. The number of benzene rings is 7. The first-order chi connectivity index (χ1) is 25.3. The Morgan fingerprint density at radius 3 is 2.20 bits per heavy atom. The highest BCUT2D eigenvalue weighted by atomic mass is 32.2. The predicted molar refractivity (Wildman–Crippen MR) is 217 cm³/mol. The van der Waals surface area contributed by atoms with E-state index >= 15 is 0 Å². The topological polar surface area (TPSA) is 17.0 Å². The van der Waals surface area contributed by atoms with Crippen LogP contribution in [0.15, 0.2) is 193 Å². The molecule has 0 saturated heterocycles. The summed E-state index contributed by atoms with van der Waals surface area (Å²) in [6.07, 6.45) is 7.14. The van der Waals surface area contributed by atoms with E-state index in [9.17, 15) is 0 Å². The number of fused-ring (bicyclic) bond motifs is 6. The molecule has 0 spiro atoms. The van der Waals surface area contributed by atoms with E-state index in [4.69, 9.17) is 0 Å². The average molecular weight is 671 g/mol. The number of hydrogen-bond donors (Lipinski definition) is 1. The van der Waals surface area contributed by atoms with Gasteiger partial charge in [0.25, 0.3) is 0 Å². The molecule has 51 heavy (non-hydrogen) atoms. The molecule has 2 nitrogen and oxygen atoms in total. The molecule has 1 aromatic heterocycles. The van der Waals surface area contributed by atoms with Gasteiger partial charge in [0.15, 0.2) is 0 Å². The smallest absolute Gasteiger partial charge is 0.0541 e. The van der Waals surface area contributed by atoms with Crippen molar-refractivity contribution in [1.82, 2.24) is 4.57 Å². The van der Waals surface area contributed by atoms with Crippen LogP contribution in [0.25, 0.3) is 55.3 Å². The molecule has 1 aliphatic carbocycles. The van der Waals surface area contributed by atoms with Gasteiger partial charge in [0.05, 0.1) is 11.0 Å².